The van der Waals surface area contributed by atoms with E-state index >= 15 is 0 Å². The molecule has 0 radical (unpaired) electrons. The molecule has 1 amide bonds. The molecule has 0 fully saturated rings. The van der Waals surface area contributed by atoms with Gasteiger partial charge in [0.2, 0.25) is 5.91 Å². The average Bonchev–Trinajstić information content (AvgIpc) is 2.48. The lowest BCUT2D eigenvalue weighted by atomic mass is 10.1. The molecule has 0 bridgehead atoms. The number of anilines is 1. The lowest BCUT2D eigenvalue weighted by Gasteiger charge is -2.13. The predicted octanol–water partition coefficient (Wildman–Crippen LogP) is 2.94. The van der Waals surface area contributed by atoms with Crippen LogP contribution >= 0.6 is 27.5 Å². The van der Waals surface area contributed by atoms with Crippen LogP contribution in [-0.4, -0.2) is 21.4 Å². The first-order valence-corrected chi connectivity index (χ1v) is 9.31. The Labute approximate surface area is 153 Å². The van der Waals surface area contributed by atoms with Gasteiger partial charge >= 0.3 is 0 Å². The molecule has 24 heavy (non-hydrogen) atoms. The van der Waals surface area contributed by atoms with E-state index < -0.39 is 15.9 Å². The molecule has 0 aliphatic carbocycles. The van der Waals surface area contributed by atoms with E-state index in [-0.39, 0.29) is 22.1 Å². The van der Waals surface area contributed by atoms with Gasteiger partial charge in [0.15, 0.2) is 5.75 Å². The van der Waals surface area contributed by atoms with Crippen molar-refractivity contribution in [1.82, 2.24) is 0 Å². The number of carbonyl (C=O) groups excluding carboxylic acids is 1. The number of rotatable bonds is 6. The van der Waals surface area contributed by atoms with Gasteiger partial charge in [0.05, 0.1) is 18.0 Å². The summed E-state index contributed by atoms with van der Waals surface area (Å²) in [6, 6.07) is 9.16. The highest BCUT2D eigenvalue weighted by atomic mass is 79.9. The first-order valence-electron chi connectivity index (χ1n) is 6.66. The summed E-state index contributed by atoms with van der Waals surface area (Å²) in [7, 11) is -2.55. The highest BCUT2D eigenvalue weighted by Crippen LogP contribution is 2.36. The van der Waals surface area contributed by atoms with Crippen LogP contribution in [0.2, 0.25) is 5.02 Å². The number of primary amides is 1. The number of halogens is 2. The molecule has 2 rings (SSSR count). The number of amides is 1. The van der Waals surface area contributed by atoms with Crippen LogP contribution in [0.3, 0.4) is 0 Å². The average molecular weight is 434 g/mol. The molecule has 0 unspecified atom stereocenters. The fourth-order valence-corrected chi connectivity index (χ4v) is 4.48. The number of sulfonamides is 1. The number of methoxy groups -OCH3 is 1. The Morgan fingerprint density at radius 2 is 1.92 bits per heavy atom. The first-order chi connectivity index (χ1) is 11.2. The minimum Gasteiger partial charge on any atom is -0.494 e. The Morgan fingerprint density at radius 1 is 1.29 bits per heavy atom. The Hall–Kier alpha value is -1.77. The van der Waals surface area contributed by atoms with Gasteiger partial charge in [-0.15, -0.1) is 0 Å². The lowest BCUT2D eigenvalue weighted by Crippen LogP contribution is -2.15. The quantitative estimate of drug-likeness (QED) is 0.731. The van der Waals surface area contributed by atoms with Gasteiger partial charge in [-0.3, -0.25) is 9.52 Å². The van der Waals surface area contributed by atoms with Gasteiger partial charge in [0, 0.05) is 10.7 Å². The standard InChI is InChI=1S/C15H14BrClN2O4S/c1-23-15-12(16)7-10(17)8-13(15)24(21,22)19-11-4-2-9(3-5-11)6-14(18)20/h2-5,7-8,19H,6H2,1H3,(H2,18,20). The van der Waals surface area contributed by atoms with E-state index in [2.05, 4.69) is 20.7 Å². The maximum atomic E-state index is 12.6. The Balaban J connectivity index is 2.34. The van der Waals surface area contributed by atoms with Crippen molar-refractivity contribution >= 4 is 49.1 Å². The second-order valence-electron chi connectivity index (χ2n) is 4.86. The number of hydrogen-bond donors (Lipinski definition) is 2. The zero-order valence-electron chi connectivity index (χ0n) is 12.5. The van der Waals surface area contributed by atoms with E-state index in [4.69, 9.17) is 22.1 Å². The molecule has 2 aromatic carbocycles. The summed E-state index contributed by atoms with van der Waals surface area (Å²) >= 11 is 9.16. The van der Waals surface area contributed by atoms with E-state index in [9.17, 15) is 13.2 Å². The topological polar surface area (TPSA) is 98.5 Å². The van der Waals surface area contributed by atoms with Crippen molar-refractivity contribution in [2.24, 2.45) is 5.73 Å². The maximum Gasteiger partial charge on any atom is 0.265 e. The number of hydrogen-bond acceptors (Lipinski definition) is 4. The Morgan fingerprint density at radius 3 is 2.46 bits per heavy atom. The summed E-state index contributed by atoms with van der Waals surface area (Å²) in [5, 5.41) is 0.250. The number of ether oxygens (including phenoxy) is 1. The number of nitrogens with one attached hydrogen (secondary N) is 1. The molecule has 0 aliphatic rings. The molecule has 0 saturated carbocycles. The Bertz CT molecular complexity index is 870. The van der Waals surface area contributed by atoms with Crippen molar-refractivity contribution in [1.29, 1.82) is 0 Å². The minimum atomic E-state index is -3.92. The second kappa shape index (κ2) is 7.42. The summed E-state index contributed by atoms with van der Waals surface area (Å²) in [6.07, 6.45) is 0.0854. The number of nitrogens with two attached hydrogens (primary N) is 1. The molecule has 2 aromatic rings. The highest BCUT2D eigenvalue weighted by Gasteiger charge is 2.22. The third kappa shape index (κ3) is 4.40. The van der Waals surface area contributed by atoms with Gasteiger partial charge in [0.1, 0.15) is 4.90 Å². The van der Waals surface area contributed by atoms with E-state index in [0.717, 1.165) is 0 Å². The highest BCUT2D eigenvalue weighted by molar-refractivity contribution is 9.10. The van der Waals surface area contributed by atoms with E-state index in [1.165, 1.54) is 19.2 Å². The SMILES string of the molecule is COc1c(Br)cc(Cl)cc1S(=O)(=O)Nc1ccc(CC(N)=O)cc1. The summed E-state index contributed by atoms with van der Waals surface area (Å²) < 4.78 is 33.2. The number of carbonyl (C=O) groups is 1. The summed E-state index contributed by atoms with van der Waals surface area (Å²) in [5.41, 5.74) is 6.14. The van der Waals surface area contributed by atoms with Crippen molar-refractivity contribution in [3.63, 3.8) is 0 Å². The molecular formula is C15H14BrClN2O4S. The van der Waals surface area contributed by atoms with Crippen LogP contribution in [0.5, 0.6) is 5.75 Å². The van der Waals surface area contributed by atoms with Crippen LogP contribution in [0, 0.1) is 0 Å². The van der Waals surface area contributed by atoms with Gasteiger partial charge in [-0.05, 0) is 45.8 Å². The minimum absolute atomic E-state index is 0.0854. The van der Waals surface area contributed by atoms with Crippen LogP contribution < -0.4 is 15.2 Å². The predicted molar refractivity (Wildman–Crippen MR) is 95.9 cm³/mol. The van der Waals surface area contributed by atoms with E-state index in [1.807, 2.05) is 0 Å². The second-order valence-corrected chi connectivity index (χ2v) is 7.81. The molecular weight excluding hydrogens is 420 g/mol. The van der Waals surface area contributed by atoms with Gasteiger partial charge < -0.3 is 10.5 Å². The molecule has 6 nitrogen and oxygen atoms in total. The summed E-state index contributed by atoms with van der Waals surface area (Å²) in [5.74, 6) is -0.311. The molecule has 9 heteroatoms. The van der Waals surface area contributed by atoms with Gasteiger partial charge in [-0.2, -0.15) is 0 Å². The van der Waals surface area contributed by atoms with Crippen LogP contribution in [0.25, 0.3) is 0 Å². The lowest BCUT2D eigenvalue weighted by molar-refractivity contribution is -0.117. The van der Waals surface area contributed by atoms with Crippen molar-refractivity contribution in [3.8, 4) is 5.75 Å². The molecule has 3 N–H and O–H groups in total. The maximum absolute atomic E-state index is 12.6. The van der Waals surface area contributed by atoms with Crippen LogP contribution in [-0.2, 0) is 21.2 Å². The molecule has 0 heterocycles. The first kappa shape index (κ1) is 18.6. The van der Waals surface area contributed by atoms with E-state index in [1.54, 1.807) is 24.3 Å². The largest absolute Gasteiger partial charge is 0.494 e. The van der Waals surface area contributed by atoms with Crippen LogP contribution in [0.1, 0.15) is 5.56 Å². The third-order valence-corrected chi connectivity index (χ3v) is 5.25. The monoisotopic (exact) mass is 432 g/mol. The molecule has 0 aliphatic heterocycles. The van der Waals surface area contributed by atoms with Gasteiger partial charge in [-0.1, -0.05) is 23.7 Å². The van der Waals surface area contributed by atoms with Crippen LogP contribution in [0.15, 0.2) is 45.8 Å². The molecule has 128 valence electrons. The van der Waals surface area contributed by atoms with Gasteiger partial charge in [0.25, 0.3) is 10.0 Å². The molecule has 0 saturated heterocycles. The zero-order chi connectivity index (χ0) is 17.9. The smallest absolute Gasteiger partial charge is 0.265 e. The van der Waals surface area contributed by atoms with Crippen molar-refractivity contribution in [2.75, 3.05) is 11.8 Å². The normalized spacial score (nSPS) is 11.1. The van der Waals surface area contributed by atoms with Crippen molar-refractivity contribution in [3.05, 3.63) is 51.5 Å². The van der Waals surface area contributed by atoms with Crippen molar-refractivity contribution in [2.45, 2.75) is 11.3 Å². The fraction of sp³-hybridized carbons (Fsp3) is 0.133. The molecule has 0 atom stereocenters. The Kier molecular flexibility index (Phi) is 5.74. The zero-order valence-corrected chi connectivity index (χ0v) is 15.7. The third-order valence-electron chi connectivity index (χ3n) is 3.05. The molecule has 0 spiro atoms. The summed E-state index contributed by atoms with van der Waals surface area (Å²) in [4.78, 5) is 10.8. The van der Waals surface area contributed by atoms with E-state index in [0.29, 0.717) is 15.7 Å². The van der Waals surface area contributed by atoms with Gasteiger partial charge in [-0.25, -0.2) is 8.42 Å². The van der Waals surface area contributed by atoms with Crippen LogP contribution in [0.4, 0.5) is 5.69 Å². The van der Waals surface area contributed by atoms with Crippen molar-refractivity contribution < 1.29 is 17.9 Å². The number of benzene rings is 2. The fourth-order valence-electron chi connectivity index (χ4n) is 2.04. The summed E-state index contributed by atoms with van der Waals surface area (Å²) in [6.45, 7) is 0. The molecule has 0 aromatic heterocycles.